The monoisotopic (exact) mass is 342 g/mol. The van der Waals surface area contributed by atoms with Crippen molar-refractivity contribution < 1.29 is 14.3 Å². The van der Waals surface area contributed by atoms with Crippen molar-refractivity contribution in [3.05, 3.63) is 24.3 Å². The normalized spacial score (nSPS) is 18.7. The second-order valence-corrected chi connectivity index (χ2v) is 5.85. The van der Waals surface area contributed by atoms with Gasteiger partial charge >= 0.3 is 0 Å². The lowest BCUT2D eigenvalue weighted by Gasteiger charge is -2.34. The minimum absolute atomic E-state index is 0. The number of halogens is 1. The summed E-state index contributed by atoms with van der Waals surface area (Å²) in [6.07, 6.45) is 2.52. The van der Waals surface area contributed by atoms with E-state index in [-0.39, 0.29) is 24.4 Å². The first kappa shape index (κ1) is 19.6. The summed E-state index contributed by atoms with van der Waals surface area (Å²) in [4.78, 5) is 14.2. The molecule has 2 N–H and O–H groups in total. The fourth-order valence-electron chi connectivity index (χ4n) is 2.81. The highest BCUT2D eigenvalue weighted by atomic mass is 35.5. The summed E-state index contributed by atoms with van der Waals surface area (Å²) in [5, 5.41) is 0. The van der Waals surface area contributed by atoms with E-state index in [1.807, 2.05) is 36.1 Å². The molecular weight excluding hydrogens is 316 g/mol. The Balaban J connectivity index is 0.00000264. The van der Waals surface area contributed by atoms with Gasteiger partial charge in [-0.25, -0.2) is 0 Å². The van der Waals surface area contributed by atoms with Gasteiger partial charge in [0.1, 0.15) is 0 Å². The lowest BCUT2D eigenvalue weighted by Crippen LogP contribution is -2.45. The third-order valence-electron chi connectivity index (χ3n) is 4.20. The topological polar surface area (TPSA) is 64.8 Å². The maximum Gasteiger partial charge on any atom is 0.226 e. The van der Waals surface area contributed by atoms with Crippen LogP contribution in [0.15, 0.2) is 24.3 Å². The van der Waals surface area contributed by atoms with Crippen LogP contribution >= 0.6 is 12.4 Å². The number of nitrogens with two attached hydrogens (primary N) is 1. The average molecular weight is 343 g/mol. The molecule has 1 aliphatic rings. The van der Waals surface area contributed by atoms with Crippen LogP contribution in [0.2, 0.25) is 0 Å². The Bertz CT molecular complexity index is 496. The first-order valence-corrected chi connectivity index (χ1v) is 7.91. The minimum Gasteiger partial charge on any atom is -0.493 e. The summed E-state index contributed by atoms with van der Waals surface area (Å²) in [5.41, 5.74) is 5.96. The van der Waals surface area contributed by atoms with E-state index in [1.165, 1.54) is 0 Å². The molecule has 2 unspecified atom stereocenters. The van der Waals surface area contributed by atoms with Crippen LogP contribution in [0, 0.1) is 5.92 Å². The maximum atomic E-state index is 12.3. The van der Waals surface area contributed by atoms with Gasteiger partial charge in [-0.3, -0.25) is 4.79 Å². The SMILES string of the molecule is COc1ccccc1OCCC(=O)N1CCCC(C(C)N)C1.Cl. The predicted octanol–water partition coefficient (Wildman–Crippen LogP) is 2.47. The molecule has 1 fully saturated rings. The van der Waals surface area contributed by atoms with E-state index in [9.17, 15) is 4.79 Å². The lowest BCUT2D eigenvalue weighted by molar-refractivity contribution is -0.133. The van der Waals surface area contributed by atoms with Crippen LogP contribution in [0.4, 0.5) is 0 Å². The molecule has 2 rings (SSSR count). The predicted molar refractivity (Wildman–Crippen MR) is 93.3 cm³/mol. The Hall–Kier alpha value is -1.46. The van der Waals surface area contributed by atoms with E-state index >= 15 is 0 Å². The molecule has 0 aromatic heterocycles. The number of hydrogen-bond donors (Lipinski definition) is 1. The average Bonchev–Trinajstić information content (AvgIpc) is 2.55. The zero-order chi connectivity index (χ0) is 15.9. The van der Waals surface area contributed by atoms with E-state index < -0.39 is 0 Å². The molecule has 0 aliphatic carbocycles. The standard InChI is InChI=1S/C17H26N2O3.ClH/c1-13(18)14-6-5-10-19(12-14)17(20)9-11-22-16-8-4-3-7-15(16)21-2;/h3-4,7-8,13-14H,5-6,9-12,18H2,1-2H3;1H. The summed E-state index contributed by atoms with van der Waals surface area (Å²) in [7, 11) is 1.61. The van der Waals surface area contributed by atoms with Gasteiger partial charge in [-0.05, 0) is 37.8 Å². The Labute approximate surface area is 144 Å². The molecule has 2 atom stereocenters. The zero-order valence-corrected chi connectivity index (χ0v) is 14.7. The van der Waals surface area contributed by atoms with Crippen molar-refractivity contribution in [1.29, 1.82) is 0 Å². The molecule has 1 aliphatic heterocycles. The van der Waals surface area contributed by atoms with E-state index in [2.05, 4.69) is 0 Å². The first-order chi connectivity index (χ1) is 10.6. The molecule has 1 amide bonds. The van der Waals surface area contributed by atoms with Gasteiger partial charge in [0.05, 0.1) is 20.1 Å². The highest BCUT2D eigenvalue weighted by molar-refractivity contribution is 5.85. The number of carbonyl (C=O) groups excluding carboxylic acids is 1. The molecule has 1 saturated heterocycles. The van der Waals surface area contributed by atoms with Crippen molar-refractivity contribution in [2.75, 3.05) is 26.8 Å². The number of benzene rings is 1. The summed E-state index contributed by atoms with van der Waals surface area (Å²) < 4.78 is 10.9. The molecule has 0 radical (unpaired) electrons. The minimum atomic E-state index is 0. The Morgan fingerprint density at radius 3 is 2.74 bits per heavy atom. The third kappa shape index (κ3) is 5.59. The number of rotatable bonds is 6. The highest BCUT2D eigenvalue weighted by Gasteiger charge is 2.25. The molecule has 1 aromatic rings. The van der Waals surface area contributed by atoms with Crippen molar-refractivity contribution >= 4 is 18.3 Å². The molecule has 0 saturated carbocycles. The molecule has 5 nitrogen and oxygen atoms in total. The van der Waals surface area contributed by atoms with Gasteiger partial charge in [-0.1, -0.05) is 12.1 Å². The molecule has 1 aromatic carbocycles. The van der Waals surface area contributed by atoms with Crippen LogP contribution in [0.5, 0.6) is 11.5 Å². The molecule has 1 heterocycles. The molecule has 0 bridgehead atoms. The van der Waals surface area contributed by atoms with Crippen LogP contribution in [0.1, 0.15) is 26.2 Å². The number of para-hydroxylation sites is 2. The van der Waals surface area contributed by atoms with Gasteiger partial charge in [0.25, 0.3) is 0 Å². The highest BCUT2D eigenvalue weighted by Crippen LogP contribution is 2.26. The second kappa shape index (κ2) is 9.63. The van der Waals surface area contributed by atoms with E-state index in [4.69, 9.17) is 15.2 Å². The number of amides is 1. The van der Waals surface area contributed by atoms with Gasteiger partial charge in [-0.2, -0.15) is 0 Å². The maximum absolute atomic E-state index is 12.3. The third-order valence-corrected chi connectivity index (χ3v) is 4.20. The number of piperidine rings is 1. The molecule has 6 heteroatoms. The largest absolute Gasteiger partial charge is 0.493 e. The summed E-state index contributed by atoms with van der Waals surface area (Å²) in [5.74, 6) is 1.91. The van der Waals surface area contributed by atoms with Crippen LogP contribution in [0.3, 0.4) is 0 Å². The van der Waals surface area contributed by atoms with E-state index in [0.29, 0.717) is 30.4 Å². The second-order valence-electron chi connectivity index (χ2n) is 5.85. The fraction of sp³-hybridized carbons (Fsp3) is 0.588. The Morgan fingerprint density at radius 1 is 1.39 bits per heavy atom. The quantitative estimate of drug-likeness (QED) is 0.862. The number of carbonyl (C=O) groups is 1. The number of methoxy groups -OCH3 is 1. The first-order valence-electron chi connectivity index (χ1n) is 7.91. The van der Waals surface area contributed by atoms with Crippen molar-refractivity contribution in [1.82, 2.24) is 4.90 Å². The lowest BCUT2D eigenvalue weighted by atomic mass is 9.92. The van der Waals surface area contributed by atoms with E-state index in [0.717, 1.165) is 25.9 Å². The zero-order valence-electron chi connectivity index (χ0n) is 13.9. The Morgan fingerprint density at radius 2 is 2.09 bits per heavy atom. The number of likely N-dealkylation sites (tertiary alicyclic amines) is 1. The number of hydrogen-bond acceptors (Lipinski definition) is 4. The van der Waals surface area contributed by atoms with Gasteiger partial charge < -0.3 is 20.1 Å². The van der Waals surface area contributed by atoms with Crippen molar-refractivity contribution in [2.24, 2.45) is 11.7 Å². The molecular formula is C17H27ClN2O3. The van der Waals surface area contributed by atoms with Gasteiger partial charge in [-0.15, -0.1) is 12.4 Å². The van der Waals surface area contributed by atoms with E-state index in [1.54, 1.807) is 7.11 Å². The van der Waals surface area contributed by atoms with Gasteiger partial charge in [0.15, 0.2) is 11.5 Å². The molecule has 0 spiro atoms. The van der Waals surface area contributed by atoms with Crippen LogP contribution < -0.4 is 15.2 Å². The van der Waals surface area contributed by atoms with Gasteiger partial charge in [0.2, 0.25) is 5.91 Å². The fourth-order valence-corrected chi connectivity index (χ4v) is 2.81. The molecule has 130 valence electrons. The number of nitrogens with zero attached hydrogens (tertiary/aromatic N) is 1. The summed E-state index contributed by atoms with van der Waals surface area (Å²) in [6, 6.07) is 7.60. The smallest absolute Gasteiger partial charge is 0.226 e. The van der Waals surface area contributed by atoms with Crippen molar-refractivity contribution in [2.45, 2.75) is 32.2 Å². The van der Waals surface area contributed by atoms with Crippen LogP contribution in [-0.2, 0) is 4.79 Å². The van der Waals surface area contributed by atoms with Crippen LogP contribution in [0.25, 0.3) is 0 Å². The Kier molecular flexibility index (Phi) is 8.20. The van der Waals surface area contributed by atoms with Crippen molar-refractivity contribution in [3.63, 3.8) is 0 Å². The van der Waals surface area contributed by atoms with Crippen molar-refractivity contribution in [3.8, 4) is 11.5 Å². The number of ether oxygens (including phenoxy) is 2. The summed E-state index contributed by atoms with van der Waals surface area (Å²) in [6.45, 7) is 3.98. The molecule has 23 heavy (non-hydrogen) atoms. The van der Waals surface area contributed by atoms with Gasteiger partial charge in [0, 0.05) is 19.1 Å². The summed E-state index contributed by atoms with van der Waals surface area (Å²) >= 11 is 0. The van der Waals surface area contributed by atoms with Crippen LogP contribution in [-0.4, -0.2) is 43.7 Å².